The Hall–Kier alpha value is 0.310. The summed E-state index contributed by atoms with van der Waals surface area (Å²) in [6.07, 6.45) is 1.59. The zero-order valence-corrected chi connectivity index (χ0v) is 8.74. The minimum atomic E-state index is 0.120. The van der Waals surface area contributed by atoms with E-state index in [0.717, 1.165) is 13.0 Å². The standard InChI is InChI=1S/C9H18OS/c1-8(2,7-5-10-7)6-9(3,4)11/h7,11H,5-6H2,1-4H3. The Kier molecular flexibility index (Phi) is 2.28. The summed E-state index contributed by atoms with van der Waals surface area (Å²) in [5.41, 5.74) is 0.297. The number of hydrogen-bond acceptors (Lipinski definition) is 2. The highest BCUT2D eigenvalue weighted by atomic mass is 32.1. The van der Waals surface area contributed by atoms with E-state index in [1.54, 1.807) is 0 Å². The molecule has 0 aromatic heterocycles. The van der Waals surface area contributed by atoms with E-state index >= 15 is 0 Å². The fraction of sp³-hybridized carbons (Fsp3) is 1.00. The molecule has 1 rings (SSSR count). The molecule has 0 aliphatic carbocycles. The minimum absolute atomic E-state index is 0.120. The van der Waals surface area contributed by atoms with Crippen molar-refractivity contribution in [3.63, 3.8) is 0 Å². The van der Waals surface area contributed by atoms with Crippen molar-refractivity contribution >= 4 is 12.6 Å². The Labute approximate surface area is 74.9 Å². The third kappa shape index (κ3) is 3.04. The highest BCUT2D eigenvalue weighted by Gasteiger charge is 2.41. The van der Waals surface area contributed by atoms with Gasteiger partial charge in [-0.3, -0.25) is 0 Å². The second-order valence-corrected chi connectivity index (χ2v) is 6.01. The molecule has 2 heteroatoms. The van der Waals surface area contributed by atoms with Gasteiger partial charge < -0.3 is 4.74 Å². The fourth-order valence-corrected chi connectivity index (χ4v) is 2.14. The van der Waals surface area contributed by atoms with Crippen molar-refractivity contribution in [2.24, 2.45) is 5.41 Å². The van der Waals surface area contributed by atoms with Crippen LogP contribution in [0.5, 0.6) is 0 Å². The molecule has 1 atom stereocenters. The predicted octanol–water partition coefficient (Wildman–Crippen LogP) is 2.51. The summed E-state index contributed by atoms with van der Waals surface area (Å²) in [5, 5.41) is 0. The highest BCUT2D eigenvalue weighted by molar-refractivity contribution is 7.81. The van der Waals surface area contributed by atoms with Crippen LogP contribution < -0.4 is 0 Å². The molecule has 0 amide bonds. The second-order valence-electron chi connectivity index (χ2n) is 4.80. The second kappa shape index (κ2) is 2.67. The van der Waals surface area contributed by atoms with Crippen LogP contribution in [-0.2, 0) is 4.74 Å². The molecule has 11 heavy (non-hydrogen) atoms. The smallest absolute Gasteiger partial charge is 0.0861 e. The molecule has 0 N–H and O–H groups in total. The van der Waals surface area contributed by atoms with Gasteiger partial charge in [0.1, 0.15) is 0 Å². The van der Waals surface area contributed by atoms with Crippen molar-refractivity contribution < 1.29 is 4.74 Å². The Bertz CT molecular complexity index is 142. The van der Waals surface area contributed by atoms with Crippen LogP contribution in [0.15, 0.2) is 0 Å². The largest absolute Gasteiger partial charge is 0.373 e. The van der Waals surface area contributed by atoms with Gasteiger partial charge in [-0.15, -0.1) is 0 Å². The molecule has 1 aliphatic heterocycles. The van der Waals surface area contributed by atoms with Gasteiger partial charge in [-0.05, 0) is 11.8 Å². The topological polar surface area (TPSA) is 12.5 Å². The van der Waals surface area contributed by atoms with E-state index in [4.69, 9.17) is 4.74 Å². The molecule has 0 saturated carbocycles. The maximum Gasteiger partial charge on any atom is 0.0861 e. The summed E-state index contributed by atoms with van der Waals surface area (Å²) >= 11 is 4.51. The van der Waals surface area contributed by atoms with Crippen molar-refractivity contribution in [2.75, 3.05) is 6.61 Å². The number of epoxide rings is 1. The van der Waals surface area contributed by atoms with Gasteiger partial charge >= 0.3 is 0 Å². The lowest BCUT2D eigenvalue weighted by molar-refractivity contribution is 0.212. The van der Waals surface area contributed by atoms with Crippen LogP contribution in [-0.4, -0.2) is 17.5 Å². The summed E-state index contributed by atoms with van der Waals surface area (Å²) < 4.78 is 5.41. The van der Waals surface area contributed by atoms with Gasteiger partial charge in [0.05, 0.1) is 12.7 Å². The zero-order chi connectivity index (χ0) is 8.70. The number of hydrogen-bond donors (Lipinski definition) is 1. The van der Waals surface area contributed by atoms with Gasteiger partial charge in [0.2, 0.25) is 0 Å². The quantitative estimate of drug-likeness (QED) is 0.512. The lowest BCUT2D eigenvalue weighted by atomic mass is 9.81. The summed E-state index contributed by atoms with van der Waals surface area (Å²) in [4.78, 5) is 0. The van der Waals surface area contributed by atoms with Crippen LogP contribution in [0.4, 0.5) is 0 Å². The van der Waals surface area contributed by atoms with Gasteiger partial charge in [-0.1, -0.05) is 27.7 Å². The first-order chi connectivity index (χ1) is 4.81. The van der Waals surface area contributed by atoms with Gasteiger partial charge in [-0.2, -0.15) is 12.6 Å². The maximum absolute atomic E-state index is 5.29. The average molecular weight is 174 g/mol. The van der Waals surface area contributed by atoms with Crippen LogP contribution in [0.2, 0.25) is 0 Å². The number of ether oxygens (including phenoxy) is 1. The van der Waals surface area contributed by atoms with E-state index in [0.29, 0.717) is 11.5 Å². The van der Waals surface area contributed by atoms with Crippen molar-refractivity contribution in [1.82, 2.24) is 0 Å². The number of thiol groups is 1. The molecular formula is C9H18OS. The third-order valence-corrected chi connectivity index (χ3v) is 2.25. The van der Waals surface area contributed by atoms with E-state index < -0.39 is 0 Å². The first-order valence-corrected chi connectivity index (χ1v) is 4.60. The number of rotatable bonds is 3. The molecule has 0 aromatic carbocycles. The monoisotopic (exact) mass is 174 g/mol. The van der Waals surface area contributed by atoms with Crippen LogP contribution in [0.3, 0.4) is 0 Å². The van der Waals surface area contributed by atoms with Gasteiger partial charge in [0.25, 0.3) is 0 Å². The van der Waals surface area contributed by atoms with Gasteiger partial charge in [0, 0.05) is 4.75 Å². The van der Waals surface area contributed by atoms with Crippen LogP contribution in [0, 0.1) is 5.41 Å². The molecule has 66 valence electrons. The summed E-state index contributed by atoms with van der Waals surface area (Å²) in [6, 6.07) is 0. The lowest BCUT2D eigenvalue weighted by Gasteiger charge is -2.30. The molecule has 1 heterocycles. The normalized spacial score (nSPS) is 25.4. The first-order valence-electron chi connectivity index (χ1n) is 4.15. The van der Waals surface area contributed by atoms with Crippen molar-refractivity contribution in [2.45, 2.75) is 45.0 Å². The zero-order valence-electron chi connectivity index (χ0n) is 7.85. The molecule has 0 spiro atoms. The van der Waals surface area contributed by atoms with E-state index in [1.165, 1.54) is 0 Å². The van der Waals surface area contributed by atoms with Gasteiger partial charge in [0.15, 0.2) is 0 Å². The molecule has 0 radical (unpaired) electrons. The minimum Gasteiger partial charge on any atom is -0.373 e. The van der Waals surface area contributed by atoms with Crippen LogP contribution in [0.1, 0.15) is 34.1 Å². The molecular weight excluding hydrogens is 156 g/mol. The van der Waals surface area contributed by atoms with Crippen molar-refractivity contribution in [3.05, 3.63) is 0 Å². The van der Waals surface area contributed by atoms with Crippen LogP contribution in [0.25, 0.3) is 0 Å². The average Bonchev–Trinajstić information content (AvgIpc) is 2.30. The highest BCUT2D eigenvalue weighted by Crippen LogP contribution is 2.40. The Morgan fingerprint density at radius 3 is 2.09 bits per heavy atom. The van der Waals surface area contributed by atoms with E-state index in [1.807, 2.05) is 0 Å². The SMILES string of the molecule is CC(C)(S)CC(C)(C)C1CO1. The fourth-order valence-electron chi connectivity index (χ4n) is 1.73. The molecule has 1 unspecified atom stereocenters. The maximum atomic E-state index is 5.29. The Morgan fingerprint density at radius 2 is 1.82 bits per heavy atom. The summed E-state index contributed by atoms with van der Waals surface area (Å²) in [7, 11) is 0. The van der Waals surface area contributed by atoms with Crippen molar-refractivity contribution in [3.8, 4) is 0 Å². The molecule has 1 saturated heterocycles. The van der Waals surface area contributed by atoms with E-state index in [2.05, 4.69) is 40.3 Å². The van der Waals surface area contributed by atoms with E-state index in [9.17, 15) is 0 Å². The summed E-state index contributed by atoms with van der Waals surface area (Å²) in [5.74, 6) is 0. The summed E-state index contributed by atoms with van der Waals surface area (Å²) in [6.45, 7) is 9.75. The Balaban J connectivity index is 2.45. The molecule has 1 aliphatic rings. The molecule has 0 bridgehead atoms. The van der Waals surface area contributed by atoms with E-state index in [-0.39, 0.29) is 4.75 Å². The lowest BCUT2D eigenvalue weighted by Crippen LogP contribution is -2.28. The van der Waals surface area contributed by atoms with Crippen molar-refractivity contribution in [1.29, 1.82) is 0 Å². The van der Waals surface area contributed by atoms with Crippen LogP contribution >= 0.6 is 12.6 Å². The first kappa shape index (κ1) is 9.40. The predicted molar refractivity (Wildman–Crippen MR) is 51.2 cm³/mol. The molecule has 0 aromatic rings. The third-order valence-electron chi connectivity index (χ3n) is 2.09. The molecule has 1 nitrogen and oxygen atoms in total. The van der Waals surface area contributed by atoms with Gasteiger partial charge in [-0.25, -0.2) is 0 Å². The molecule has 1 fully saturated rings. The Morgan fingerprint density at radius 1 is 1.36 bits per heavy atom.